The lowest BCUT2D eigenvalue weighted by Crippen LogP contribution is -3.13. The molecule has 0 spiro atoms. The number of likely N-dealkylation sites (tertiary alicyclic amines) is 1. The van der Waals surface area contributed by atoms with Crippen molar-refractivity contribution in [2.75, 3.05) is 13.1 Å². The fourth-order valence-electron chi connectivity index (χ4n) is 2.73. The van der Waals surface area contributed by atoms with Crippen LogP contribution in [0.2, 0.25) is 0 Å². The highest BCUT2D eigenvalue weighted by Crippen LogP contribution is 2.36. The summed E-state index contributed by atoms with van der Waals surface area (Å²) < 4.78 is 109. The summed E-state index contributed by atoms with van der Waals surface area (Å²) >= 11 is 0. The van der Waals surface area contributed by atoms with Gasteiger partial charge in [0.2, 0.25) is 0 Å². The topological polar surface area (TPSA) is 86.8 Å². The van der Waals surface area contributed by atoms with Gasteiger partial charge in [0.15, 0.2) is 20.0 Å². The summed E-state index contributed by atoms with van der Waals surface area (Å²) in [6, 6.07) is 1.02. The minimum Gasteiger partial charge on any atom is -0.421 e. The number of rotatable bonds is 8. The van der Waals surface area contributed by atoms with E-state index in [1.807, 2.05) is 4.90 Å². The zero-order valence-corrected chi connectivity index (χ0v) is 17.2. The van der Waals surface area contributed by atoms with E-state index in [2.05, 4.69) is 13.8 Å². The second-order valence-electron chi connectivity index (χ2n) is 6.41. The van der Waals surface area contributed by atoms with E-state index < -0.39 is 31.1 Å². The molecule has 0 bridgehead atoms. The van der Waals surface area contributed by atoms with Gasteiger partial charge in [-0.15, -0.1) is 0 Å². The first kappa shape index (κ1) is 27.4. The van der Waals surface area contributed by atoms with Gasteiger partial charge < -0.3 is 9.03 Å². The number of nitrogens with one attached hydrogen (secondary N) is 1. The number of nitrogens with zero attached hydrogens (tertiary/aromatic N) is 1. The lowest BCUT2D eigenvalue weighted by Gasteiger charge is -2.22. The molecular formula is C14H26F6N2O4S2. The first-order chi connectivity index (χ1) is 12.6. The molecule has 1 rings (SSSR count). The van der Waals surface area contributed by atoms with Crippen LogP contribution in [0.4, 0.5) is 26.3 Å². The predicted molar refractivity (Wildman–Crippen MR) is 91.5 cm³/mol. The van der Waals surface area contributed by atoms with Gasteiger partial charge in [0, 0.05) is 12.8 Å². The average Bonchev–Trinajstić information content (AvgIpc) is 2.95. The zero-order valence-electron chi connectivity index (χ0n) is 15.6. The Labute approximate surface area is 161 Å². The number of unbranched alkanes of at least 4 members (excludes halogenated alkanes) is 2. The molecule has 1 fully saturated rings. The van der Waals surface area contributed by atoms with Crippen LogP contribution in [-0.4, -0.2) is 47.0 Å². The molecule has 1 heterocycles. The van der Waals surface area contributed by atoms with Gasteiger partial charge in [0.25, 0.3) is 0 Å². The minimum absolute atomic E-state index is 0.778. The van der Waals surface area contributed by atoms with Crippen LogP contribution in [0.3, 0.4) is 0 Å². The predicted octanol–water partition coefficient (Wildman–Crippen LogP) is 3.08. The van der Waals surface area contributed by atoms with Gasteiger partial charge in [-0.05, 0) is 19.3 Å². The van der Waals surface area contributed by atoms with E-state index >= 15 is 0 Å². The fourth-order valence-corrected chi connectivity index (χ4v) is 4.44. The molecule has 0 amide bonds. The monoisotopic (exact) mass is 464 g/mol. The smallest absolute Gasteiger partial charge is 0.421 e. The van der Waals surface area contributed by atoms with Crippen LogP contribution in [0.15, 0.2) is 0 Å². The highest BCUT2D eigenvalue weighted by Gasteiger charge is 2.46. The largest absolute Gasteiger partial charge is 0.480 e. The Bertz CT molecular complexity index is 606. The molecule has 6 nitrogen and oxygen atoms in total. The van der Waals surface area contributed by atoms with Crippen molar-refractivity contribution in [2.45, 2.75) is 75.9 Å². The molecule has 2 atom stereocenters. The molecular weight excluding hydrogens is 438 g/mol. The third-order valence-electron chi connectivity index (χ3n) is 4.17. The zero-order chi connectivity index (χ0) is 22.2. The average molecular weight is 464 g/mol. The maximum atomic E-state index is 11.4. The van der Waals surface area contributed by atoms with Crippen molar-refractivity contribution < 1.29 is 48.1 Å². The Morgan fingerprint density at radius 2 is 1.36 bits per heavy atom. The Kier molecular flexibility index (Phi) is 10.7. The first-order valence-corrected chi connectivity index (χ1v) is 11.7. The second-order valence-corrected chi connectivity index (χ2v) is 9.83. The normalized spacial score (nSPS) is 21.3. The van der Waals surface area contributed by atoms with E-state index in [9.17, 15) is 43.2 Å². The van der Waals surface area contributed by atoms with Crippen LogP contribution < -0.4 is 4.90 Å². The summed E-state index contributed by atoms with van der Waals surface area (Å²) in [6.07, 6.45) is 10.1. The number of quaternary nitrogens is 1. The molecule has 28 heavy (non-hydrogen) atoms. The summed E-state index contributed by atoms with van der Waals surface area (Å²) in [6.45, 7) is 7.50. The number of halogens is 6. The minimum atomic E-state index is -6.72. The van der Waals surface area contributed by atoms with Crippen molar-refractivity contribution >= 4 is 20.0 Å². The maximum absolute atomic E-state index is 11.4. The molecule has 0 aromatic rings. The summed E-state index contributed by atoms with van der Waals surface area (Å²) in [5.74, 6) is 0. The standard InChI is InChI=1S/C12H25N.C2F6NO4S2/c1-3-5-8-12-9-7-11-13(12)10-6-4-2;3-1(4,5)14(10,11)9-15(12,13)2(6,7)8/h12H,3-11H2,1-2H3;/q;-1/p+1. The van der Waals surface area contributed by atoms with Crippen molar-refractivity contribution in [1.82, 2.24) is 0 Å². The molecule has 1 aliphatic heterocycles. The van der Waals surface area contributed by atoms with Gasteiger partial charge in [-0.25, -0.2) is 16.8 Å². The van der Waals surface area contributed by atoms with E-state index in [1.54, 1.807) is 0 Å². The Morgan fingerprint density at radius 1 is 0.893 bits per heavy atom. The van der Waals surface area contributed by atoms with E-state index in [4.69, 9.17) is 0 Å². The molecule has 0 saturated carbocycles. The molecule has 0 radical (unpaired) electrons. The van der Waals surface area contributed by atoms with Gasteiger partial charge in [-0.2, -0.15) is 26.3 Å². The summed E-state index contributed by atoms with van der Waals surface area (Å²) in [5, 5.41) is 0. The summed E-state index contributed by atoms with van der Waals surface area (Å²) in [7, 11) is -13.4. The van der Waals surface area contributed by atoms with Crippen molar-refractivity contribution in [1.29, 1.82) is 0 Å². The van der Waals surface area contributed by atoms with Crippen molar-refractivity contribution in [3.8, 4) is 0 Å². The Balaban J connectivity index is 0.000000525. The van der Waals surface area contributed by atoms with Crippen molar-refractivity contribution in [3.05, 3.63) is 4.13 Å². The van der Waals surface area contributed by atoms with E-state index in [0.29, 0.717) is 0 Å². The molecule has 0 aromatic heterocycles. The van der Waals surface area contributed by atoms with Crippen LogP contribution in [0.1, 0.15) is 58.8 Å². The first-order valence-electron chi connectivity index (χ1n) is 8.80. The molecule has 170 valence electrons. The third kappa shape index (κ3) is 8.82. The van der Waals surface area contributed by atoms with Gasteiger partial charge in [-0.3, -0.25) is 0 Å². The van der Waals surface area contributed by atoms with Gasteiger partial charge in [0.05, 0.1) is 19.1 Å². The van der Waals surface area contributed by atoms with Gasteiger partial charge in [-0.1, -0.05) is 26.7 Å². The van der Waals surface area contributed by atoms with Crippen LogP contribution in [0.5, 0.6) is 0 Å². The molecule has 0 aromatic carbocycles. The Morgan fingerprint density at radius 3 is 1.75 bits per heavy atom. The van der Waals surface area contributed by atoms with Crippen LogP contribution in [0.25, 0.3) is 4.13 Å². The maximum Gasteiger partial charge on any atom is 0.480 e. The lowest BCUT2D eigenvalue weighted by molar-refractivity contribution is -0.912. The Hall–Kier alpha value is -0.600. The molecule has 2 unspecified atom stereocenters. The number of hydrogen-bond acceptors (Lipinski definition) is 4. The third-order valence-corrected chi connectivity index (χ3v) is 6.91. The molecule has 1 saturated heterocycles. The van der Waals surface area contributed by atoms with E-state index in [0.717, 1.165) is 10.2 Å². The fraction of sp³-hybridized carbons (Fsp3) is 1.00. The number of hydrogen-bond donors (Lipinski definition) is 1. The van der Waals surface area contributed by atoms with Crippen LogP contribution in [-0.2, 0) is 20.0 Å². The highest BCUT2D eigenvalue weighted by molar-refractivity contribution is 8.13. The van der Waals surface area contributed by atoms with Crippen LogP contribution in [0, 0.1) is 0 Å². The van der Waals surface area contributed by atoms with Crippen molar-refractivity contribution in [2.24, 2.45) is 0 Å². The summed E-state index contributed by atoms with van der Waals surface area (Å²) in [5.41, 5.74) is -12.4. The van der Waals surface area contributed by atoms with Gasteiger partial charge in [0.1, 0.15) is 0 Å². The molecule has 1 N–H and O–H groups in total. The van der Waals surface area contributed by atoms with E-state index in [-0.39, 0.29) is 0 Å². The second kappa shape index (κ2) is 11.0. The highest BCUT2D eigenvalue weighted by atomic mass is 32.3. The molecule has 0 aliphatic carbocycles. The molecule has 1 aliphatic rings. The number of alkyl halides is 6. The van der Waals surface area contributed by atoms with Crippen molar-refractivity contribution in [3.63, 3.8) is 0 Å². The summed E-state index contributed by atoms with van der Waals surface area (Å²) in [4.78, 5) is 1.91. The van der Waals surface area contributed by atoms with Crippen LogP contribution >= 0.6 is 0 Å². The lowest BCUT2D eigenvalue weighted by atomic mass is 10.1. The van der Waals surface area contributed by atoms with Gasteiger partial charge >= 0.3 is 11.0 Å². The number of sulfonamides is 2. The molecule has 14 heteroatoms. The van der Waals surface area contributed by atoms with E-state index in [1.165, 1.54) is 58.0 Å². The quantitative estimate of drug-likeness (QED) is 0.560. The SMILES string of the molecule is CCCCC1CCC[NH+]1CCCC.O=S(=O)([N-]S(=O)(=O)C(F)(F)F)C(F)(F)F.